The normalized spacial score (nSPS) is 15.0. The molecule has 1 radical (unpaired) electrons. The van der Waals surface area contributed by atoms with Crippen molar-refractivity contribution in [2.24, 2.45) is 0 Å². The Balaban J connectivity index is 0.00000131. The van der Waals surface area contributed by atoms with E-state index < -0.39 is 0 Å². The van der Waals surface area contributed by atoms with Gasteiger partial charge in [-0.15, -0.1) is 0 Å². The Kier molecular flexibility index (Phi) is 8.61. The summed E-state index contributed by atoms with van der Waals surface area (Å²) in [6.45, 7) is 4.53. The molecule has 0 spiro atoms. The molecule has 6 heteroatoms. The average Bonchev–Trinajstić information content (AvgIpc) is 2.92. The minimum absolute atomic E-state index is 0. The minimum Gasteiger partial charge on any atom is -0.493 e. The summed E-state index contributed by atoms with van der Waals surface area (Å²) in [5, 5.41) is 0. The predicted octanol–water partition coefficient (Wildman–Crippen LogP) is 5.28. The van der Waals surface area contributed by atoms with Crippen molar-refractivity contribution < 1.29 is 47.1 Å². The summed E-state index contributed by atoms with van der Waals surface area (Å²) in [5.74, 6) is 0.780. The molecule has 0 bridgehead atoms. The first-order valence-electron chi connectivity index (χ1n) is 8.80. The summed E-state index contributed by atoms with van der Waals surface area (Å²) >= 11 is 0. The third kappa shape index (κ3) is 5.05. The van der Waals surface area contributed by atoms with E-state index in [4.69, 9.17) is 14.4 Å². The molecule has 0 unspecified atom stereocenters. The summed E-state index contributed by atoms with van der Waals surface area (Å²) < 4.78 is 5.62. The first-order chi connectivity index (χ1) is 12.3. The smallest absolute Gasteiger partial charge is 0.113 e. The topological polar surface area (TPSA) is 76.8 Å². The van der Waals surface area contributed by atoms with Crippen molar-refractivity contribution in [2.45, 2.75) is 31.3 Å². The predicted molar refractivity (Wildman–Crippen MR) is 102 cm³/mol. The molecule has 141 valence electrons. The monoisotopic (exact) mass is 442 g/mol. The van der Waals surface area contributed by atoms with Crippen molar-refractivity contribution in [1.82, 2.24) is 6.15 Å². The second-order valence-corrected chi connectivity index (χ2v) is 6.58. The van der Waals surface area contributed by atoms with Crippen LogP contribution in [0.15, 0.2) is 60.9 Å². The fourth-order valence-electron chi connectivity index (χ4n) is 3.44. The molecule has 2 aromatic carbocycles. The maximum atomic E-state index is 5.62. The van der Waals surface area contributed by atoms with E-state index in [1.54, 1.807) is 0 Å². The zero-order valence-electron chi connectivity index (χ0n) is 15.5. The van der Waals surface area contributed by atoms with E-state index in [1.807, 2.05) is 0 Å². The van der Waals surface area contributed by atoms with Crippen LogP contribution in [0.3, 0.4) is 0 Å². The Morgan fingerprint density at radius 1 is 0.963 bits per heavy atom. The summed E-state index contributed by atoms with van der Waals surface area (Å²) in [5.41, 5.74) is 8.83. The SMILES string of the molecule is C=C(CO[N-]OCC1c2ccccc2-c2ccccc21)OC1CCC1.N.[Y]. The molecule has 1 fully saturated rings. The van der Waals surface area contributed by atoms with E-state index in [2.05, 4.69) is 60.8 Å². The summed E-state index contributed by atoms with van der Waals surface area (Å²) in [6.07, 6.45) is 3.75. The Morgan fingerprint density at radius 3 is 2.11 bits per heavy atom. The number of rotatable bonds is 8. The van der Waals surface area contributed by atoms with Crippen LogP contribution >= 0.6 is 0 Å². The molecule has 2 aliphatic carbocycles. The average molecular weight is 442 g/mol. The standard InChI is InChI=1S/C21H22NO3.H3N.Y/c1-15(25-16-7-6-8-16)13-23-22-24-14-21-19-11-4-2-9-17(19)18-10-3-5-12-20(18)21;;/h2-5,9-12,16,21H,1,6-8,13-14H2;1H3;/q-1;;. The molecule has 27 heavy (non-hydrogen) atoms. The Labute approximate surface area is 185 Å². The van der Waals surface area contributed by atoms with Gasteiger partial charge in [-0.05, 0) is 41.5 Å². The first-order valence-corrected chi connectivity index (χ1v) is 8.80. The van der Waals surface area contributed by atoms with Gasteiger partial charge in [0.1, 0.15) is 5.76 Å². The number of ether oxygens (including phenoxy) is 1. The van der Waals surface area contributed by atoms with Crippen molar-refractivity contribution in [3.63, 3.8) is 0 Å². The minimum atomic E-state index is 0. The van der Waals surface area contributed by atoms with Crippen molar-refractivity contribution in [3.8, 4) is 11.1 Å². The number of nitrogens with zero attached hydrogens (tertiary/aromatic N) is 1. The zero-order valence-corrected chi connectivity index (χ0v) is 18.3. The van der Waals surface area contributed by atoms with Crippen LogP contribution in [0.5, 0.6) is 0 Å². The van der Waals surface area contributed by atoms with Crippen LogP contribution in [0.1, 0.15) is 36.3 Å². The number of fused-ring (bicyclic) bond motifs is 3. The number of hydrogen-bond acceptors (Lipinski definition) is 4. The van der Waals surface area contributed by atoms with Crippen LogP contribution in [0.25, 0.3) is 16.8 Å². The van der Waals surface area contributed by atoms with Gasteiger partial charge in [0, 0.05) is 45.2 Å². The Hall–Kier alpha value is -1.08. The molecule has 0 aromatic heterocycles. The molecule has 0 heterocycles. The largest absolute Gasteiger partial charge is 0.493 e. The molecular formula is C21H25N2O3Y-. The Bertz CT molecular complexity index is 719. The van der Waals surface area contributed by atoms with Gasteiger partial charge >= 0.3 is 0 Å². The van der Waals surface area contributed by atoms with Crippen molar-refractivity contribution in [3.05, 3.63) is 77.6 Å². The van der Waals surface area contributed by atoms with Gasteiger partial charge in [-0.2, -0.15) is 0 Å². The summed E-state index contributed by atoms with van der Waals surface area (Å²) in [6, 6.07) is 16.9. The van der Waals surface area contributed by atoms with Gasteiger partial charge in [0.15, 0.2) is 0 Å². The quantitative estimate of drug-likeness (QED) is 0.343. The number of benzene rings is 2. The third-order valence-electron chi connectivity index (χ3n) is 4.92. The van der Waals surface area contributed by atoms with Crippen LogP contribution in [0.4, 0.5) is 0 Å². The van der Waals surface area contributed by atoms with Crippen LogP contribution in [0, 0.1) is 0 Å². The van der Waals surface area contributed by atoms with E-state index in [1.165, 1.54) is 28.7 Å². The second-order valence-electron chi connectivity index (χ2n) is 6.58. The molecule has 4 rings (SSSR count). The van der Waals surface area contributed by atoms with Gasteiger partial charge in [0.2, 0.25) is 0 Å². The molecule has 0 amide bonds. The van der Waals surface area contributed by atoms with E-state index in [9.17, 15) is 0 Å². The zero-order chi connectivity index (χ0) is 17.1. The van der Waals surface area contributed by atoms with Crippen molar-refractivity contribution in [1.29, 1.82) is 0 Å². The van der Waals surface area contributed by atoms with E-state index in [-0.39, 0.29) is 51.4 Å². The van der Waals surface area contributed by atoms with Crippen LogP contribution < -0.4 is 6.15 Å². The number of hydrogen-bond donors (Lipinski definition) is 1. The summed E-state index contributed by atoms with van der Waals surface area (Å²) in [4.78, 5) is 10.6. The first kappa shape index (κ1) is 22.2. The van der Waals surface area contributed by atoms with E-state index >= 15 is 0 Å². The van der Waals surface area contributed by atoms with Crippen molar-refractivity contribution >= 4 is 0 Å². The van der Waals surface area contributed by atoms with Gasteiger partial charge in [-0.25, -0.2) is 0 Å². The van der Waals surface area contributed by atoms with Gasteiger partial charge in [-0.3, -0.25) is 0 Å². The molecular weight excluding hydrogens is 417 g/mol. The fraction of sp³-hybridized carbons (Fsp3) is 0.333. The maximum Gasteiger partial charge on any atom is 0.113 e. The molecule has 0 aliphatic heterocycles. The van der Waals surface area contributed by atoms with E-state index in [0.29, 0.717) is 18.5 Å². The van der Waals surface area contributed by atoms with E-state index in [0.717, 1.165) is 12.8 Å². The van der Waals surface area contributed by atoms with Gasteiger partial charge < -0.3 is 26.2 Å². The van der Waals surface area contributed by atoms with Gasteiger partial charge in [0.25, 0.3) is 0 Å². The second kappa shape index (κ2) is 10.5. The molecule has 2 aliphatic rings. The van der Waals surface area contributed by atoms with Gasteiger partial charge in [-0.1, -0.05) is 55.1 Å². The van der Waals surface area contributed by atoms with Crippen LogP contribution in [-0.2, 0) is 47.1 Å². The molecule has 0 saturated heterocycles. The third-order valence-corrected chi connectivity index (χ3v) is 4.92. The molecule has 0 atom stereocenters. The molecule has 1 saturated carbocycles. The van der Waals surface area contributed by atoms with Crippen LogP contribution in [-0.4, -0.2) is 19.3 Å². The van der Waals surface area contributed by atoms with Gasteiger partial charge in [0.05, 0.1) is 12.7 Å². The Morgan fingerprint density at radius 2 is 1.56 bits per heavy atom. The summed E-state index contributed by atoms with van der Waals surface area (Å²) in [7, 11) is 0. The molecule has 5 nitrogen and oxygen atoms in total. The molecule has 2 aromatic rings. The molecule has 3 N–H and O–H groups in total. The maximum absolute atomic E-state index is 5.62. The van der Waals surface area contributed by atoms with Crippen molar-refractivity contribution in [2.75, 3.05) is 13.2 Å². The van der Waals surface area contributed by atoms with Crippen LogP contribution in [0.2, 0.25) is 0 Å². The fourth-order valence-corrected chi connectivity index (χ4v) is 3.44.